The predicted octanol–water partition coefficient (Wildman–Crippen LogP) is 3.96. The van der Waals surface area contributed by atoms with Crippen LogP contribution in [0.3, 0.4) is 0 Å². The number of hydrogen-bond donors (Lipinski definition) is 1. The number of nitrogens with zero attached hydrogens (tertiary/aromatic N) is 2. The van der Waals surface area contributed by atoms with Gasteiger partial charge in [0.25, 0.3) is 0 Å². The molecule has 0 amide bonds. The second-order valence-electron chi connectivity index (χ2n) is 4.49. The summed E-state index contributed by atoms with van der Waals surface area (Å²) in [5.41, 5.74) is 7.88. The Balaban J connectivity index is 2.38. The molecule has 0 aliphatic carbocycles. The molecule has 2 aromatic carbocycles. The molecule has 0 atom stereocenters. The summed E-state index contributed by atoms with van der Waals surface area (Å²) in [6.45, 7) is 1.89. The van der Waals surface area contributed by atoms with Crippen molar-refractivity contribution in [1.82, 2.24) is 9.55 Å². The fourth-order valence-corrected chi connectivity index (χ4v) is 2.72. The van der Waals surface area contributed by atoms with Crippen molar-refractivity contribution in [3.63, 3.8) is 0 Å². The van der Waals surface area contributed by atoms with Gasteiger partial charge in [0.05, 0.1) is 11.2 Å². The third-order valence-corrected chi connectivity index (χ3v) is 3.60. The van der Waals surface area contributed by atoms with Gasteiger partial charge < -0.3 is 5.73 Å². The first-order valence-corrected chi connectivity index (χ1v) is 6.66. The average molecular weight is 338 g/mol. The topological polar surface area (TPSA) is 43.8 Å². The van der Waals surface area contributed by atoms with Crippen molar-refractivity contribution in [3.8, 4) is 5.69 Å². The van der Waals surface area contributed by atoms with E-state index in [-0.39, 0.29) is 11.5 Å². The van der Waals surface area contributed by atoms with Gasteiger partial charge in [-0.05, 0) is 30.7 Å². The number of nitrogen functional groups attached to an aromatic ring is 1. The Morgan fingerprint density at radius 2 is 1.95 bits per heavy atom. The minimum atomic E-state index is -0.722. The van der Waals surface area contributed by atoms with E-state index in [2.05, 4.69) is 20.9 Å². The van der Waals surface area contributed by atoms with Gasteiger partial charge in [0.2, 0.25) is 5.95 Å². The van der Waals surface area contributed by atoms with Crippen LogP contribution in [0.5, 0.6) is 0 Å². The van der Waals surface area contributed by atoms with Gasteiger partial charge in [0, 0.05) is 16.6 Å². The molecule has 2 N–H and O–H groups in total. The second kappa shape index (κ2) is 4.56. The number of anilines is 1. The summed E-state index contributed by atoms with van der Waals surface area (Å²) < 4.78 is 29.6. The lowest BCUT2D eigenvalue weighted by molar-refractivity contribution is 0.590. The molecule has 3 nitrogen and oxygen atoms in total. The van der Waals surface area contributed by atoms with Crippen LogP contribution < -0.4 is 5.73 Å². The molecule has 0 aliphatic rings. The molecule has 0 saturated heterocycles. The Bertz CT molecular complexity index is 827. The van der Waals surface area contributed by atoms with E-state index in [1.807, 2.05) is 25.1 Å². The van der Waals surface area contributed by atoms with Crippen LogP contribution in [-0.4, -0.2) is 9.55 Å². The summed E-state index contributed by atoms with van der Waals surface area (Å²) in [7, 11) is 0. The molecule has 1 aromatic heterocycles. The zero-order chi connectivity index (χ0) is 14.4. The second-order valence-corrected chi connectivity index (χ2v) is 5.41. The molecule has 0 bridgehead atoms. The Morgan fingerprint density at radius 3 is 2.65 bits per heavy atom. The molecular formula is C14H10BrF2N3. The van der Waals surface area contributed by atoms with E-state index in [1.165, 1.54) is 6.07 Å². The number of benzene rings is 2. The number of aromatic nitrogens is 2. The van der Waals surface area contributed by atoms with Gasteiger partial charge in [-0.25, -0.2) is 13.8 Å². The van der Waals surface area contributed by atoms with Gasteiger partial charge >= 0.3 is 0 Å². The summed E-state index contributed by atoms with van der Waals surface area (Å²) in [6.07, 6.45) is 0. The minimum Gasteiger partial charge on any atom is -0.369 e. The van der Waals surface area contributed by atoms with E-state index in [4.69, 9.17) is 5.73 Å². The molecule has 6 heteroatoms. The first-order valence-electron chi connectivity index (χ1n) is 5.87. The third kappa shape index (κ3) is 1.96. The van der Waals surface area contributed by atoms with Crippen molar-refractivity contribution in [3.05, 3.63) is 52.0 Å². The largest absolute Gasteiger partial charge is 0.369 e. The summed E-state index contributed by atoms with van der Waals surface area (Å²) in [5, 5.41) is 0. The number of aryl methyl sites for hydroxylation is 1. The summed E-state index contributed by atoms with van der Waals surface area (Å²) in [5.74, 6) is -1.26. The molecule has 3 rings (SSSR count). The highest BCUT2D eigenvalue weighted by Gasteiger charge is 2.16. The number of fused-ring (bicyclic) bond motifs is 1. The monoisotopic (exact) mass is 337 g/mol. The van der Waals surface area contributed by atoms with Gasteiger partial charge in [0.15, 0.2) is 5.82 Å². The van der Waals surface area contributed by atoms with Crippen LogP contribution in [0.25, 0.3) is 16.7 Å². The molecular weight excluding hydrogens is 328 g/mol. The highest BCUT2D eigenvalue weighted by molar-refractivity contribution is 9.10. The van der Waals surface area contributed by atoms with Crippen LogP contribution in [0.2, 0.25) is 0 Å². The Morgan fingerprint density at radius 1 is 1.20 bits per heavy atom. The molecule has 1 heterocycles. The Hall–Kier alpha value is -1.95. The number of imidazole rings is 1. The van der Waals surface area contributed by atoms with Gasteiger partial charge in [0.1, 0.15) is 11.3 Å². The SMILES string of the molecule is Cc1cc(Br)ccc1-n1c(N)nc2c(F)cc(F)cc21. The maximum atomic E-state index is 13.7. The van der Waals surface area contributed by atoms with Crippen molar-refractivity contribution in [2.24, 2.45) is 0 Å². The summed E-state index contributed by atoms with van der Waals surface area (Å²) >= 11 is 3.37. The average Bonchev–Trinajstić information content (AvgIpc) is 2.67. The van der Waals surface area contributed by atoms with Crippen molar-refractivity contribution in [2.45, 2.75) is 6.92 Å². The van der Waals surface area contributed by atoms with Crippen molar-refractivity contribution >= 4 is 32.9 Å². The lowest BCUT2D eigenvalue weighted by Crippen LogP contribution is -2.02. The van der Waals surface area contributed by atoms with E-state index in [9.17, 15) is 8.78 Å². The predicted molar refractivity (Wildman–Crippen MR) is 77.8 cm³/mol. The zero-order valence-electron chi connectivity index (χ0n) is 10.5. The molecule has 3 aromatic rings. The first kappa shape index (κ1) is 13.1. The normalized spacial score (nSPS) is 11.2. The number of rotatable bonds is 1. The molecule has 0 saturated carbocycles. The quantitative estimate of drug-likeness (QED) is 0.730. The smallest absolute Gasteiger partial charge is 0.206 e. The molecule has 20 heavy (non-hydrogen) atoms. The maximum absolute atomic E-state index is 13.7. The highest BCUT2D eigenvalue weighted by atomic mass is 79.9. The maximum Gasteiger partial charge on any atom is 0.206 e. The number of halogens is 3. The van der Waals surface area contributed by atoms with Crippen LogP contribution in [0.15, 0.2) is 34.8 Å². The number of nitrogens with two attached hydrogens (primary N) is 1. The molecule has 0 radical (unpaired) electrons. The minimum absolute atomic E-state index is 0.0613. The summed E-state index contributed by atoms with van der Waals surface area (Å²) in [6, 6.07) is 7.58. The van der Waals surface area contributed by atoms with Gasteiger partial charge in [-0.15, -0.1) is 0 Å². The van der Waals surface area contributed by atoms with Crippen molar-refractivity contribution in [2.75, 3.05) is 5.73 Å². The molecule has 102 valence electrons. The van der Waals surface area contributed by atoms with Crippen LogP contribution in [0.4, 0.5) is 14.7 Å². The lowest BCUT2D eigenvalue weighted by atomic mass is 10.2. The van der Waals surface area contributed by atoms with E-state index in [0.717, 1.165) is 21.8 Å². The van der Waals surface area contributed by atoms with Gasteiger partial charge in [-0.1, -0.05) is 15.9 Å². The fraction of sp³-hybridized carbons (Fsp3) is 0.0714. The van der Waals surface area contributed by atoms with Crippen molar-refractivity contribution in [1.29, 1.82) is 0 Å². The lowest BCUT2D eigenvalue weighted by Gasteiger charge is -2.10. The van der Waals surface area contributed by atoms with Crippen LogP contribution in [-0.2, 0) is 0 Å². The summed E-state index contributed by atoms with van der Waals surface area (Å²) in [4.78, 5) is 3.98. The Kier molecular flexibility index (Phi) is 2.97. The standard InChI is InChI=1S/C14H10BrF2N3/c1-7-4-8(15)2-3-11(7)20-12-6-9(16)5-10(17)13(12)19-14(20)18/h2-6H,1H3,(H2,18,19). The van der Waals surface area contributed by atoms with Crippen molar-refractivity contribution < 1.29 is 8.78 Å². The molecule has 0 aliphatic heterocycles. The van der Waals surface area contributed by atoms with E-state index >= 15 is 0 Å². The third-order valence-electron chi connectivity index (χ3n) is 3.10. The highest BCUT2D eigenvalue weighted by Crippen LogP contribution is 2.28. The van der Waals surface area contributed by atoms with Gasteiger partial charge in [-0.2, -0.15) is 0 Å². The van der Waals surface area contributed by atoms with E-state index in [0.29, 0.717) is 5.52 Å². The fourth-order valence-electron chi connectivity index (χ4n) is 2.24. The van der Waals surface area contributed by atoms with Crippen LogP contribution in [0, 0.1) is 18.6 Å². The number of hydrogen-bond acceptors (Lipinski definition) is 2. The zero-order valence-corrected chi connectivity index (χ0v) is 12.1. The van der Waals surface area contributed by atoms with E-state index in [1.54, 1.807) is 4.57 Å². The van der Waals surface area contributed by atoms with Crippen LogP contribution >= 0.6 is 15.9 Å². The Labute approximate surface area is 122 Å². The molecule has 0 fully saturated rings. The molecule has 0 spiro atoms. The first-order chi connectivity index (χ1) is 9.47. The van der Waals surface area contributed by atoms with Gasteiger partial charge in [-0.3, -0.25) is 4.57 Å². The van der Waals surface area contributed by atoms with E-state index < -0.39 is 11.6 Å². The van der Waals surface area contributed by atoms with Crippen LogP contribution in [0.1, 0.15) is 5.56 Å². The molecule has 0 unspecified atom stereocenters.